The molecular weight excluding hydrogens is 242 g/mol. The van der Waals surface area contributed by atoms with Gasteiger partial charge in [-0.1, -0.05) is 24.3 Å². The Morgan fingerprint density at radius 1 is 1.44 bits per heavy atom. The molecule has 0 bridgehead atoms. The lowest BCUT2D eigenvalue weighted by molar-refractivity contribution is 0.252. The van der Waals surface area contributed by atoms with Crippen LogP contribution in [0.25, 0.3) is 0 Å². The summed E-state index contributed by atoms with van der Waals surface area (Å²) >= 11 is 2.04. The molecule has 98 valence electrons. The normalized spacial score (nSPS) is 19.7. The molecule has 2 rings (SSSR count). The lowest BCUT2D eigenvalue weighted by Gasteiger charge is -2.37. The van der Waals surface area contributed by atoms with Crippen LogP contribution in [0.3, 0.4) is 0 Å². The first-order chi connectivity index (χ1) is 8.48. The van der Waals surface area contributed by atoms with Crippen LogP contribution in [0.5, 0.6) is 0 Å². The first kappa shape index (κ1) is 13.4. The molecule has 1 aliphatic heterocycles. The molecule has 1 fully saturated rings. The van der Waals surface area contributed by atoms with Gasteiger partial charge in [-0.2, -0.15) is 11.8 Å². The van der Waals surface area contributed by atoms with Gasteiger partial charge < -0.3 is 5.73 Å². The van der Waals surface area contributed by atoms with Gasteiger partial charge in [0.25, 0.3) is 0 Å². The van der Waals surface area contributed by atoms with Crippen molar-refractivity contribution in [2.45, 2.75) is 25.1 Å². The molecule has 1 aliphatic rings. The zero-order valence-electron chi connectivity index (χ0n) is 11.1. The summed E-state index contributed by atoms with van der Waals surface area (Å²) in [5.74, 6) is 1.34. The van der Waals surface area contributed by atoms with Crippen LogP contribution in [0.2, 0.25) is 0 Å². The molecule has 0 amide bonds. The molecule has 0 aromatic heterocycles. The van der Waals surface area contributed by atoms with Crippen LogP contribution in [0.1, 0.15) is 25.0 Å². The predicted molar refractivity (Wildman–Crippen MR) is 79.3 cm³/mol. The standard InChI is InChI=1S/C14H21N3S/c1-14(2)10-17(7-8-18-14)9-11-5-3-4-6-12(11)13(15)16/h3-6H,7-10H2,1-2H3,(H3,15,16). The molecule has 0 atom stereocenters. The minimum atomic E-state index is 0.163. The molecule has 4 heteroatoms. The van der Waals surface area contributed by atoms with E-state index in [1.807, 2.05) is 30.0 Å². The fourth-order valence-electron chi connectivity index (χ4n) is 2.41. The SMILES string of the molecule is CC1(C)CN(Cc2ccccc2C(=N)N)CCS1. The first-order valence-corrected chi connectivity index (χ1v) is 7.25. The van der Waals surface area contributed by atoms with Crippen molar-refractivity contribution in [3.05, 3.63) is 35.4 Å². The minimum Gasteiger partial charge on any atom is -0.384 e. The number of nitrogens with zero attached hydrogens (tertiary/aromatic N) is 1. The first-order valence-electron chi connectivity index (χ1n) is 6.26. The molecule has 3 nitrogen and oxygen atoms in total. The van der Waals surface area contributed by atoms with E-state index in [0.717, 1.165) is 30.8 Å². The quantitative estimate of drug-likeness (QED) is 0.650. The van der Waals surface area contributed by atoms with E-state index in [-0.39, 0.29) is 5.84 Å². The van der Waals surface area contributed by atoms with Crippen LogP contribution in [0.15, 0.2) is 24.3 Å². The lowest BCUT2D eigenvalue weighted by atomic mass is 10.1. The molecule has 3 N–H and O–H groups in total. The highest BCUT2D eigenvalue weighted by Crippen LogP contribution is 2.30. The summed E-state index contributed by atoms with van der Waals surface area (Å²) in [7, 11) is 0. The molecule has 1 aromatic rings. The van der Waals surface area contributed by atoms with Crippen molar-refractivity contribution < 1.29 is 0 Å². The smallest absolute Gasteiger partial charge is 0.123 e. The summed E-state index contributed by atoms with van der Waals surface area (Å²) in [6.45, 7) is 7.67. The summed E-state index contributed by atoms with van der Waals surface area (Å²) < 4.78 is 0.323. The van der Waals surface area contributed by atoms with Gasteiger partial charge in [-0.05, 0) is 19.4 Å². The second-order valence-electron chi connectivity index (χ2n) is 5.39. The van der Waals surface area contributed by atoms with E-state index in [1.165, 1.54) is 5.75 Å². The summed E-state index contributed by atoms with van der Waals surface area (Å²) in [4.78, 5) is 2.46. The average Bonchev–Trinajstić information content (AvgIpc) is 2.28. The van der Waals surface area contributed by atoms with E-state index in [2.05, 4.69) is 24.8 Å². The highest BCUT2D eigenvalue weighted by Gasteiger charge is 2.27. The zero-order chi connectivity index (χ0) is 13.2. The van der Waals surface area contributed by atoms with E-state index < -0.39 is 0 Å². The third-order valence-electron chi connectivity index (χ3n) is 3.21. The van der Waals surface area contributed by atoms with Crippen LogP contribution in [0, 0.1) is 5.41 Å². The maximum atomic E-state index is 7.63. The highest BCUT2D eigenvalue weighted by molar-refractivity contribution is 8.00. The van der Waals surface area contributed by atoms with Gasteiger partial charge in [0, 0.05) is 35.7 Å². The number of nitrogens with one attached hydrogen (secondary N) is 1. The molecule has 0 radical (unpaired) electrons. The number of thioether (sulfide) groups is 1. The summed E-state index contributed by atoms with van der Waals surface area (Å²) in [6.07, 6.45) is 0. The fourth-order valence-corrected chi connectivity index (χ4v) is 3.59. The van der Waals surface area contributed by atoms with Crippen molar-refractivity contribution in [3.8, 4) is 0 Å². The highest BCUT2D eigenvalue weighted by atomic mass is 32.2. The van der Waals surface area contributed by atoms with Crippen molar-refractivity contribution in [3.63, 3.8) is 0 Å². The summed E-state index contributed by atoms with van der Waals surface area (Å²) in [5, 5.41) is 7.63. The molecule has 0 aliphatic carbocycles. The Morgan fingerprint density at radius 3 is 2.83 bits per heavy atom. The van der Waals surface area contributed by atoms with E-state index in [1.54, 1.807) is 0 Å². The number of nitrogen functional groups attached to an aromatic ring is 1. The van der Waals surface area contributed by atoms with Gasteiger partial charge in [0.05, 0.1) is 0 Å². The molecule has 1 saturated heterocycles. The molecule has 1 aromatic carbocycles. The average molecular weight is 263 g/mol. The monoisotopic (exact) mass is 263 g/mol. The van der Waals surface area contributed by atoms with Crippen LogP contribution < -0.4 is 5.73 Å². The summed E-state index contributed by atoms with van der Waals surface area (Å²) in [6, 6.07) is 7.97. The van der Waals surface area contributed by atoms with Gasteiger partial charge in [0.15, 0.2) is 0 Å². The fraction of sp³-hybridized carbons (Fsp3) is 0.500. The van der Waals surface area contributed by atoms with Crippen LogP contribution >= 0.6 is 11.8 Å². The number of hydrogen-bond acceptors (Lipinski definition) is 3. The topological polar surface area (TPSA) is 53.1 Å². The van der Waals surface area contributed by atoms with Crippen molar-refractivity contribution in [1.29, 1.82) is 5.41 Å². The molecule has 0 unspecified atom stereocenters. The Kier molecular flexibility index (Phi) is 3.97. The number of hydrogen-bond donors (Lipinski definition) is 2. The van der Waals surface area contributed by atoms with Crippen molar-refractivity contribution in [2.24, 2.45) is 5.73 Å². The predicted octanol–water partition coefficient (Wildman–Crippen LogP) is 2.30. The number of amidine groups is 1. The third-order valence-corrected chi connectivity index (χ3v) is 4.50. The van der Waals surface area contributed by atoms with Crippen molar-refractivity contribution >= 4 is 17.6 Å². The molecule has 0 saturated carbocycles. The Labute approximate surface area is 113 Å². The van der Waals surface area contributed by atoms with Crippen LogP contribution in [-0.2, 0) is 6.54 Å². The van der Waals surface area contributed by atoms with Crippen molar-refractivity contribution in [1.82, 2.24) is 4.90 Å². The van der Waals surface area contributed by atoms with Crippen LogP contribution in [0.4, 0.5) is 0 Å². The molecular formula is C14H21N3S. The second-order valence-corrected chi connectivity index (χ2v) is 7.19. The van der Waals surface area contributed by atoms with Gasteiger partial charge in [0.2, 0.25) is 0 Å². The minimum absolute atomic E-state index is 0.163. The zero-order valence-corrected chi connectivity index (χ0v) is 11.9. The van der Waals surface area contributed by atoms with Gasteiger partial charge in [-0.3, -0.25) is 10.3 Å². The number of nitrogens with two attached hydrogens (primary N) is 1. The van der Waals surface area contributed by atoms with Gasteiger partial charge >= 0.3 is 0 Å². The third kappa shape index (κ3) is 3.27. The number of benzene rings is 1. The Balaban J connectivity index is 2.12. The largest absolute Gasteiger partial charge is 0.384 e. The van der Waals surface area contributed by atoms with Gasteiger partial charge in [0.1, 0.15) is 5.84 Å². The Morgan fingerprint density at radius 2 is 2.17 bits per heavy atom. The van der Waals surface area contributed by atoms with E-state index in [9.17, 15) is 0 Å². The van der Waals surface area contributed by atoms with Crippen LogP contribution in [-0.4, -0.2) is 34.3 Å². The maximum Gasteiger partial charge on any atom is 0.123 e. The molecule has 18 heavy (non-hydrogen) atoms. The van der Waals surface area contributed by atoms with E-state index >= 15 is 0 Å². The maximum absolute atomic E-state index is 7.63. The Hall–Kier alpha value is -1.00. The van der Waals surface area contributed by atoms with E-state index in [0.29, 0.717) is 4.75 Å². The van der Waals surface area contributed by atoms with Gasteiger partial charge in [-0.15, -0.1) is 0 Å². The molecule has 0 spiro atoms. The van der Waals surface area contributed by atoms with Gasteiger partial charge in [-0.25, -0.2) is 0 Å². The number of rotatable bonds is 3. The molecule has 1 heterocycles. The summed E-state index contributed by atoms with van der Waals surface area (Å²) in [5.41, 5.74) is 7.66. The Bertz CT molecular complexity index is 442. The lowest BCUT2D eigenvalue weighted by Crippen LogP contribution is -2.42. The second kappa shape index (κ2) is 5.33. The van der Waals surface area contributed by atoms with E-state index in [4.69, 9.17) is 11.1 Å². The van der Waals surface area contributed by atoms with Crippen molar-refractivity contribution in [2.75, 3.05) is 18.8 Å².